The van der Waals surface area contributed by atoms with Crippen LogP contribution in [0.15, 0.2) is 81.3 Å². The zero-order chi connectivity index (χ0) is 23.6. The van der Waals surface area contributed by atoms with Gasteiger partial charge in [-0.05, 0) is 72.7 Å². The number of anilines is 1. The van der Waals surface area contributed by atoms with Crippen LogP contribution in [0, 0.1) is 5.92 Å². The average molecular weight is 482 g/mol. The smallest absolute Gasteiger partial charge is 0.232 e. The van der Waals surface area contributed by atoms with E-state index >= 15 is 0 Å². The van der Waals surface area contributed by atoms with Gasteiger partial charge in [0.15, 0.2) is 10.9 Å². The quantitative estimate of drug-likeness (QED) is 0.405. The molecule has 6 rings (SSSR count). The number of amidine groups is 1. The van der Waals surface area contributed by atoms with Gasteiger partial charge in [-0.2, -0.15) is 9.97 Å². The highest BCUT2D eigenvalue weighted by atomic mass is 32.2. The van der Waals surface area contributed by atoms with Crippen molar-refractivity contribution in [2.45, 2.75) is 54.5 Å². The number of hydrogen-bond acceptors (Lipinski definition) is 7. The Morgan fingerprint density at radius 2 is 1.71 bits per heavy atom. The van der Waals surface area contributed by atoms with Gasteiger partial charge in [-0.25, -0.2) is 4.98 Å². The standard InChI is InChI=1S/C28H27N5OS/c34-24(20-5-2-1-3-6-20)15-18-9-13-23(14-10-18)35-28-32-26(21-11-12-21)31-27(33-28)30-25-16-22(17-29-25)19-7-4-8-19/h1-3,5-6,9-10,13-14,16,19,21H,4,7-8,11-12,15,17H2,(H,29,30,31,32,33). The molecule has 2 aliphatic carbocycles. The summed E-state index contributed by atoms with van der Waals surface area (Å²) in [5.41, 5.74) is 3.16. The van der Waals surface area contributed by atoms with Crippen molar-refractivity contribution in [3.8, 4) is 0 Å². The van der Waals surface area contributed by atoms with E-state index in [9.17, 15) is 4.79 Å². The Labute approximate surface area is 209 Å². The summed E-state index contributed by atoms with van der Waals surface area (Å²) in [5.74, 6) is 3.53. The van der Waals surface area contributed by atoms with Gasteiger partial charge in [-0.3, -0.25) is 9.79 Å². The minimum Gasteiger partial charge on any atom is -0.309 e. The van der Waals surface area contributed by atoms with Crippen molar-refractivity contribution in [2.75, 3.05) is 11.9 Å². The molecule has 2 aromatic carbocycles. The number of aliphatic imine (C=N–C) groups is 1. The maximum Gasteiger partial charge on any atom is 0.232 e. The molecule has 3 aromatic rings. The first-order valence-corrected chi connectivity index (χ1v) is 13.1. The Bertz CT molecular complexity index is 1290. The van der Waals surface area contributed by atoms with Crippen molar-refractivity contribution >= 4 is 29.3 Å². The lowest BCUT2D eigenvalue weighted by molar-refractivity contribution is 0.0993. The van der Waals surface area contributed by atoms with Crippen LogP contribution in [0.5, 0.6) is 0 Å². The number of carbonyl (C=O) groups excluding carboxylic acids is 1. The van der Waals surface area contributed by atoms with Crippen LogP contribution in [0.2, 0.25) is 0 Å². The van der Waals surface area contributed by atoms with E-state index in [1.165, 1.54) is 36.6 Å². The number of Topliss-reactive ketones (excluding diaryl/α,β-unsaturated/α-hetero) is 1. The van der Waals surface area contributed by atoms with Crippen LogP contribution in [0.4, 0.5) is 5.95 Å². The highest BCUT2D eigenvalue weighted by Crippen LogP contribution is 2.39. The Balaban J connectivity index is 1.14. The summed E-state index contributed by atoms with van der Waals surface area (Å²) in [6, 6.07) is 17.5. The normalized spacial score (nSPS) is 17.5. The third kappa shape index (κ3) is 5.35. The molecule has 1 aliphatic heterocycles. The number of carbonyl (C=O) groups is 1. The summed E-state index contributed by atoms with van der Waals surface area (Å²) in [6.07, 6.45) is 8.72. The molecule has 2 saturated carbocycles. The molecule has 6 nitrogen and oxygen atoms in total. The van der Waals surface area contributed by atoms with Crippen molar-refractivity contribution in [3.63, 3.8) is 0 Å². The highest BCUT2D eigenvalue weighted by Gasteiger charge is 2.29. The van der Waals surface area contributed by atoms with Crippen LogP contribution in [0.1, 0.15) is 59.8 Å². The highest BCUT2D eigenvalue weighted by molar-refractivity contribution is 7.99. The van der Waals surface area contributed by atoms with Crippen LogP contribution in [-0.4, -0.2) is 33.1 Å². The molecule has 0 saturated heterocycles. The third-order valence-electron chi connectivity index (χ3n) is 6.79. The van der Waals surface area contributed by atoms with E-state index in [0.29, 0.717) is 29.4 Å². The summed E-state index contributed by atoms with van der Waals surface area (Å²) < 4.78 is 0. The molecular weight excluding hydrogens is 454 g/mol. The van der Waals surface area contributed by atoms with Crippen LogP contribution in [0.25, 0.3) is 0 Å². The van der Waals surface area contributed by atoms with E-state index in [0.717, 1.165) is 47.1 Å². The van der Waals surface area contributed by atoms with E-state index in [-0.39, 0.29) is 5.78 Å². The van der Waals surface area contributed by atoms with E-state index in [2.05, 4.69) is 26.4 Å². The summed E-state index contributed by atoms with van der Waals surface area (Å²) in [7, 11) is 0. The first-order chi connectivity index (χ1) is 17.2. The number of hydrogen-bond donors (Lipinski definition) is 1. The zero-order valence-corrected chi connectivity index (χ0v) is 20.3. The van der Waals surface area contributed by atoms with Gasteiger partial charge in [-0.1, -0.05) is 48.9 Å². The first-order valence-electron chi connectivity index (χ1n) is 12.3. The van der Waals surface area contributed by atoms with Gasteiger partial charge in [-0.15, -0.1) is 0 Å². The topological polar surface area (TPSA) is 80.1 Å². The third-order valence-corrected chi connectivity index (χ3v) is 7.66. The number of rotatable bonds is 8. The molecule has 7 heteroatoms. The summed E-state index contributed by atoms with van der Waals surface area (Å²) in [6.45, 7) is 0.786. The Morgan fingerprint density at radius 3 is 2.43 bits per heavy atom. The van der Waals surface area contributed by atoms with E-state index < -0.39 is 0 Å². The molecule has 0 bridgehead atoms. The fraction of sp³-hybridized carbons (Fsp3) is 0.321. The van der Waals surface area contributed by atoms with Crippen LogP contribution in [0.3, 0.4) is 0 Å². The number of nitrogens with zero attached hydrogens (tertiary/aromatic N) is 4. The summed E-state index contributed by atoms with van der Waals surface area (Å²) >= 11 is 1.52. The summed E-state index contributed by atoms with van der Waals surface area (Å²) in [5, 5.41) is 4.01. The fourth-order valence-corrected chi connectivity index (χ4v) is 5.10. The minimum absolute atomic E-state index is 0.123. The predicted octanol–water partition coefficient (Wildman–Crippen LogP) is 5.88. The number of nitrogens with one attached hydrogen (secondary N) is 1. The van der Waals surface area contributed by atoms with Crippen LogP contribution >= 0.6 is 11.8 Å². The molecule has 0 atom stereocenters. The van der Waals surface area contributed by atoms with Gasteiger partial charge in [0.1, 0.15) is 11.7 Å². The molecule has 2 fully saturated rings. The fourth-order valence-electron chi connectivity index (χ4n) is 4.35. The number of benzene rings is 2. The lowest BCUT2D eigenvalue weighted by atomic mass is 9.80. The second-order valence-corrected chi connectivity index (χ2v) is 10.5. The van der Waals surface area contributed by atoms with E-state index in [4.69, 9.17) is 4.98 Å². The lowest BCUT2D eigenvalue weighted by Gasteiger charge is -2.26. The largest absolute Gasteiger partial charge is 0.309 e. The van der Waals surface area contributed by atoms with Crippen molar-refractivity contribution in [1.29, 1.82) is 0 Å². The van der Waals surface area contributed by atoms with Gasteiger partial charge in [0.25, 0.3) is 0 Å². The molecule has 176 valence electrons. The van der Waals surface area contributed by atoms with Crippen molar-refractivity contribution < 1.29 is 4.79 Å². The molecule has 0 amide bonds. The second kappa shape index (κ2) is 9.74. The molecule has 0 spiro atoms. The predicted molar refractivity (Wildman–Crippen MR) is 138 cm³/mol. The van der Waals surface area contributed by atoms with Gasteiger partial charge < -0.3 is 5.32 Å². The van der Waals surface area contributed by atoms with E-state index in [1.54, 1.807) is 0 Å². The SMILES string of the molecule is O=C(Cc1ccc(Sc2nc(NC3=NCC(C4CCC4)=C3)nc(C3CC3)n2)cc1)c1ccccc1. The first kappa shape index (κ1) is 22.2. The Morgan fingerprint density at radius 1 is 0.914 bits per heavy atom. The monoisotopic (exact) mass is 481 g/mol. The molecule has 1 N–H and O–H groups in total. The van der Waals surface area contributed by atoms with E-state index in [1.807, 2.05) is 54.6 Å². The maximum atomic E-state index is 12.5. The zero-order valence-electron chi connectivity index (χ0n) is 19.5. The molecule has 0 unspecified atom stereocenters. The molecule has 2 heterocycles. The van der Waals surface area contributed by atoms with Crippen molar-refractivity contribution in [2.24, 2.45) is 10.9 Å². The number of ketones is 1. The average Bonchev–Trinajstić information content (AvgIpc) is 3.60. The lowest BCUT2D eigenvalue weighted by Crippen LogP contribution is -2.15. The molecule has 3 aliphatic rings. The van der Waals surface area contributed by atoms with Gasteiger partial charge in [0, 0.05) is 22.8 Å². The van der Waals surface area contributed by atoms with Crippen LogP contribution in [-0.2, 0) is 6.42 Å². The molecule has 35 heavy (non-hydrogen) atoms. The molecular formula is C28H27N5OS. The maximum absolute atomic E-state index is 12.5. The Hall–Kier alpha value is -3.32. The minimum atomic E-state index is 0.123. The van der Waals surface area contributed by atoms with Gasteiger partial charge in [0.2, 0.25) is 5.95 Å². The molecule has 0 radical (unpaired) electrons. The summed E-state index contributed by atoms with van der Waals surface area (Å²) in [4.78, 5) is 32.3. The Kier molecular flexibility index (Phi) is 6.17. The molecule has 1 aromatic heterocycles. The van der Waals surface area contributed by atoms with Crippen molar-refractivity contribution in [3.05, 3.63) is 83.2 Å². The second-order valence-electron chi connectivity index (χ2n) is 9.46. The van der Waals surface area contributed by atoms with Gasteiger partial charge >= 0.3 is 0 Å². The van der Waals surface area contributed by atoms with Gasteiger partial charge in [0.05, 0.1) is 6.54 Å². The van der Waals surface area contributed by atoms with Crippen molar-refractivity contribution in [1.82, 2.24) is 15.0 Å². The van der Waals surface area contributed by atoms with Crippen LogP contribution < -0.4 is 5.32 Å². The number of aromatic nitrogens is 3.